The molecule has 230 valence electrons. The molecule has 0 aliphatic carbocycles. The Hall–Kier alpha value is -3.13. The zero-order valence-electron chi connectivity index (χ0n) is 23.8. The van der Waals surface area contributed by atoms with Crippen molar-refractivity contribution in [3.05, 3.63) is 54.5 Å². The smallest absolute Gasteiger partial charge is 0.459 e. The van der Waals surface area contributed by atoms with E-state index in [0.717, 1.165) is 6.42 Å². The number of aliphatic hydroxyl groups is 2. The van der Waals surface area contributed by atoms with Crippen LogP contribution < -0.4 is 15.3 Å². The number of anilines is 1. The van der Waals surface area contributed by atoms with Crippen LogP contribution in [0.3, 0.4) is 0 Å². The molecule has 42 heavy (non-hydrogen) atoms. The number of hydrogen-bond donors (Lipinski definition) is 4. The van der Waals surface area contributed by atoms with Gasteiger partial charge in [0.05, 0.1) is 18.9 Å². The van der Waals surface area contributed by atoms with E-state index < -0.39 is 57.0 Å². The Kier molecular flexibility index (Phi) is 9.55. The molecule has 0 amide bonds. The first kappa shape index (κ1) is 31.8. The van der Waals surface area contributed by atoms with Gasteiger partial charge in [-0.1, -0.05) is 39.0 Å². The van der Waals surface area contributed by atoms with E-state index >= 15 is 0 Å². The summed E-state index contributed by atoms with van der Waals surface area (Å²) in [4.78, 5) is 16.6. The fourth-order valence-electron chi connectivity index (χ4n) is 4.25. The zero-order valence-corrected chi connectivity index (χ0v) is 24.7. The fourth-order valence-corrected chi connectivity index (χ4v) is 5.80. The Bertz CT molecular complexity index is 1430. The molecule has 0 spiro atoms. The van der Waals surface area contributed by atoms with Crippen molar-refractivity contribution in [3.8, 4) is 5.75 Å². The lowest BCUT2D eigenvalue weighted by molar-refractivity contribution is -0.148. The molecule has 6 atom stereocenters. The third-order valence-corrected chi connectivity index (χ3v) is 8.90. The maximum absolute atomic E-state index is 14.7. The standard InChI is InChI=1S/C27H37FN5O8P/c1-5-26(3,4)14-38-25(36)17(2)32-42(37,41-18-9-7-6-8-10-18)39-15-27(13-28)23(35)21(34)22(40-27)19-11-12-20-24(29)30-16-31-33(19)20/h6-12,16-17,21-23,34-35H,5,13-15H2,1-4H3,(H,32,37)(H2,29,30,31)/t17-,21-,22-,23-,27+,42+/m0/s1. The Labute approximate surface area is 242 Å². The molecule has 2 aromatic heterocycles. The number of nitrogens with two attached hydrogens (primary N) is 1. The van der Waals surface area contributed by atoms with Crippen molar-refractivity contribution in [2.45, 2.75) is 64.1 Å². The van der Waals surface area contributed by atoms with Crippen molar-refractivity contribution in [2.75, 3.05) is 25.6 Å². The summed E-state index contributed by atoms with van der Waals surface area (Å²) >= 11 is 0. The fraction of sp³-hybridized carbons (Fsp3) is 0.519. The Balaban J connectivity index is 1.55. The molecule has 0 unspecified atom stereocenters. The average Bonchev–Trinajstić information content (AvgIpc) is 3.51. The number of carbonyl (C=O) groups is 1. The molecule has 0 saturated carbocycles. The van der Waals surface area contributed by atoms with Gasteiger partial charge in [-0.15, -0.1) is 0 Å². The monoisotopic (exact) mass is 609 g/mol. The van der Waals surface area contributed by atoms with Gasteiger partial charge in [-0.25, -0.2) is 18.5 Å². The van der Waals surface area contributed by atoms with Gasteiger partial charge in [-0.2, -0.15) is 10.2 Å². The van der Waals surface area contributed by atoms with Crippen molar-refractivity contribution in [1.82, 2.24) is 19.7 Å². The third-order valence-electron chi connectivity index (χ3n) is 7.28. The summed E-state index contributed by atoms with van der Waals surface area (Å²) in [6, 6.07) is 10.0. The lowest BCUT2D eigenvalue weighted by Crippen LogP contribution is -2.49. The van der Waals surface area contributed by atoms with Crippen molar-refractivity contribution in [1.29, 1.82) is 0 Å². The molecule has 13 nitrogen and oxygen atoms in total. The molecular weight excluding hydrogens is 572 g/mol. The summed E-state index contributed by atoms with van der Waals surface area (Å²) in [6.07, 6.45) is -2.71. The van der Waals surface area contributed by atoms with Gasteiger partial charge in [0.2, 0.25) is 0 Å². The van der Waals surface area contributed by atoms with Gasteiger partial charge < -0.3 is 29.9 Å². The molecule has 3 aromatic rings. The van der Waals surface area contributed by atoms with Gasteiger partial charge in [-0.05, 0) is 43.0 Å². The zero-order chi connectivity index (χ0) is 30.7. The number of nitrogens with one attached hydrogen (secondary N) is 1. The second kappa shape index (κ2) is 12.6. The summed E-state index contributed by atoms with van der Waals surface area (Å²) in [6.45, 7) is 5.26. The van der Waals surface area contributed by atoms with Crippen LogP contribution in [0.1, 0.15) is 45.9 Å². The Morgan fingerprint density at radius 1 is 1.29 bits per heavy atom. The summed E-state index contributed by atoms with van der Waals surface area (Å²) in [5.74, 6) is -0.398. The van der Waals surface area contributed by atoms with E-state index in [1.54, 1.807) is 30.3 Å². The van der Waals surface area contributed by atoms with Gasteiger partial charge in [-0.3, -0.25) is 9.32 Å². The largest absolute Gasteiger partial charge is 0.464 e. The molecule has 1 aromatic carbocycles. The lowest BCUT2D eigenvalue weighted by Gasteiger charge is -2.31. The lowest BCUT2D eigenvalue weighted by atomic mass is 9.92. The maximum atomic E-state index is 14.7. The minimum atomic E-state index is -4.44. The van der Waals surface area contributed by atoms with Crippen LogP contribution >= 0.6 is 7.75 Å². The van der Waals surface area contributed by atoms with Crippen LogP contribution in [-0.2, 0) is 23.4 Å². The van der Waals surface area contributed by atoms with Crippen LogP contribution in [0.2, 0.25) is 0 Å². The van der Waals surface area contributed by atoms with Crippen molar-refractivity contribution in [3.63, 3.8) is 0 Å². The number of para-hydroxylation sites is 1. The highest BCUT2D eigenvalue weighted by atomic mass is 31.2. The highest BCUT2D eigenvalue weighted by Gasteiger charge is 2.57. The van der Waals surface area contributed by atoms with Crippen molar-refractivity contribution < 1.29 is 42.5 Å². The number of nitrogen functional groups attached to an aromatic ring is 1. The quantitative estimate of drug-likeness (QED) is 0.165. The molecule has 15 heteroatoms. The molecule has 1 saturated heterocycles. The van der Waals surface area contributed by atoms with Gasteiger partial charge in [0.1, 0.15) is 54.2 Å². The first-order valence-corrected chi connectivity index (χ1v) is 15.0. The molecule has 0 radical (unpaired) electrons. The number of hydrogen-bond acceptors (Lipinski definition) is 11. The van der Waals surface area contributed by atoms with E-state index in [2.05, 4.69) is 15.2 Å². The predicted octanol–water partition coefficient (Wildman–Crippen LogP) is 2.97. The molecule has 0 bridgehead atoms. The molecule has 1 fully saturated rings. The SMILES string of the molecule is CCC(C)(C)COC(=O)[C@H](C)N[P@@](=O)(OC[C@@]1(CF)O[C@@H](c2ccc3c(N)ncnn23)[C@H](O)[C@@H]1O)Oc1ccccc1. The van der Waals surface area contributed by atoms with Crippen LogP contribution in [0.25, 0.3) is 5.52 Å². The van der Waals surface area contributed by atoms with E-state index in [1.165, 1.54) is 29.9 Å². The third kappa shape index (κ3) is 6.74. The minimum absolute atomic E-state index is 0.133. The van der Waals surface area contributed by atoms with E-state index in [0.29, 0.717) is 5.52 Å². The highest BCUT2D eigenvalue weighted by molar-refractivity contribution is 7.52. The summed E-state index contributed by atoms with van der Waals surface area (Å²) < 4.78 is 52.5. The van der Waals surface area contributed by atoms with E-state index in [1.807, 2.05) is 20.8 Å². The normalized spacial score (nSPS) is 24.8. The number of rotatable bonds is 13. The molecular formula is C27H37FN5O8P. The number of fused-ring (bicyclic) bond motifs is 1. The molecule has 4 rings (SSSR count). The molecule has 1 aliphatic rings. The van der Waals surface area contributed by atoms with E-state index in [-0.39, 0.29) is 29.3 Å². The van der Waals surface area contributed by atoms with Crippen LogP contribution in [-0.4, -0.2) is 74.5 Å². The van der Waals surface area contributed by atoms with Gasteiger partial charge in [0.25, 0.3) is 0 Å². The second-order valence-electron chi connectivity index (χ2n) is 11.0. The number of alkyl halides is 1. The van der Waals surface area contributed by atoms with Gasteiger partial charge >= 0.3 is 13.7 Å². The van der Waals surface area contributed by atoms with Crippen LogP contribution in [0, 0.1) is 5.41 Å². The van der Waals surface area contributed by atoms with Gasteiger partial charge in [0, 0.05) is 0 Å². The van der Waals surface area contributed by atoms with E-state index in [9.17, 15) is 24.0 Å². The van der Waals surface area contributed by atoms with Crippen molar-refractivity contribution in [2.24, 2.45) is 5.41 Å². The first-order chi connectivity index (χ1) is 19.8. The average molecular weight is 610 g/mol. The number of benzene rings is 1. The molecule has 5 N–H and O–H groups in total. The molecule has 3 heterocycles. The van der Waals surface area contributed by atoms with Crippen molar-refractivity contribution >= 4 is 25.1 Å². The number of aromatic nitrogens is 3. The number of aliphatic hydroxyl groups excluding tert-OH is 2. The van der Waals surface area contributed by atoms with Gasteiger partial charge in [0.15, 0.2) is 5.82 Å². The Morgan fingerprint density at radius 3 is 2.67 bits per heavy atom. The predicted molar refractivity (Wildman–Crippen MR) is 150 cm³/mol. The summed E-state index contributed by atoms with van der Waals surface area (Å²) in [5.41, 5.74) is 4.16. The number of carbonyl (C=O) groups excluding carboxylic acids is 1. The molecule has 1 aliphatic heterocycles. The van der Waals surface area contributed by atoms with E-state index in [4.69, 9.17) is 24.3 Å². The maximum Gasteiger partial charge on any atom is 0.459 e. The summed E-state index contributed by atoms with van der Waals surface area (Å²) in [5, 5.41) is 28.5. The van der Waals surface area contributed by atoms with Crippen LogP contribution in [0.15, 0.2) is 48.8 Å². The topological polar surface area (TPSA) is 180 Å². The first-order valence-electron chi connectivity index (χ1n) is 13.5. The number of halogens is 1. The highest BCUT2D eigenvalue weighted by Crippen LogP contribution is 2.48. The summed E-state index contributed by atoms with van der Waals surface area (Å²) in [7, 11) is -4.44. The second-order valence-corrected chi connectivity index (χ2v) is 12.7. The van der Waals surface area contributed by atoms with Crippen LogP contribution in [0.5, 0.6) is 5.75 Å². The van der Waals surface area contributed by atoms with Crippen LogP contribution in [0.4, 0.5) is 10.2 Å². The number of ether oxygens (including phenoxy) is 2. The number of esters is 1. The number of nitrogens with zero attached hydrogens (tertiary/aromatic N) is 3. The Morgan fingerprint density at radius 2 is 2.00 bits per heavy atom. The minimum Gasteiger partial charge on any atom is -0.464 e.